The number of likely N-dealkylation sites (tertiary alicyclic amines) is 1. The Bertz CT molecular complexity index is 1030. The predicted octanol–water partition coefficient (Wildman–Crippen LogP) is 3.75. The number of aromatic hydroxyl groups is 1. The number of carbonyl (C=O) groups excluding carboxylic acids is 1. The molecule has 0 aromatic heterocycles. The Balaban J connectivity index is 1.23. The number of phenols is 1. The van der Waals surface area contributed by atoms with Crippen molar-refractivity contribution in [3.63, 3.8) is 0 Å². The van der Waals surface area contributed by atoms with E-state index in [1.807, 2.05) is 11.9 Å². The molecule has 1 spiro atoms. The molecule has 190 valence electrons. The molecule has 4 fully saturated rings. The highest BCUT2D eigenvalue weighted by atomic mass is 16.5. The molecule has 2 aliphatic heterocycles. The molecule has 4 aliphatic carbocycles. The summed E-state index contributed by atoms with van der Waals surface area (Å²) in [5, 5.41) is 23.4. The van der Waals surface area contributed by atoms with E-state index in [4.69, 9.17) is 4.74 Å². The summed E-state index contributed by atoms with van der Waals surface area (Å²) in [5.74, 6) is 2.41. The van der Waals surface area contributed by atoms with Gasteiger partial charge in [-0.1, -0.05) is 31.7 Å². The summed E-state index contributed by atoms with van der Waals surface area (Å²) in [6.45, 7) is 2.03. The Hall–Kier alpha value is -1.79. The molecule has 1 saturated heterocycles. The summed E-state index contributed by atoms with van der Waals surface area (Å²) in [5.41, 5.74) is 0.818. The van der Waals surface area contributed by atoms with Gasteiger partial charge in [0, 0.05) is 31.6 Å². The summed E-state index contributed by atoms with van der Waals surface area (Å²) >= 11 is 0. The zero-order valence-electron chi connectivity index (χ0n) is 21.0. The highest BCUT2D eigenvalue weighted by Gasteiger charge is 2.73. The second-order valence-electron chi connectivity index (χ2n) is 12.6. The largest absolute Gasteiger partial charge is 0.504 e. The minimum absolute atomic E-state index is 0.0790. The van der Waals surface area contributed by atoms with Crippen molar-refractivity contribution < 1.29 is 19.7 Å². The van der Waals surface area contributed by atoms with Crippen molar-refractivity contribution in [3.05, 3.63) is 23.3 Å². The lowest BCUT2D eigenvalue weighted by atomic mass is 9.48. The van der Waals surface area contributed by atoms with Gasteiger partial charge in [0.15, 0.2) is 11.5 Å². The number of nitrogens with zero attached hydrogens (tertiary/aromatic N) is 2. The Morgan fingerprint density at radius 1 is 1.14 bits per heavy atom. The zero-order chi connectivity index (χ0) is 23.9. The topological polar surface area (TPSA) is 73.2 Å². The lowest BCUT2D eigenvalue weighted by Gasteiger charge is -2.64. The highest BCUT2D eigenvalue weighted by Crippen LogP contribution is 2.66. The second-order valence-corrected chi connectivity index (χ2v) is 12.6. The van der Waals surface area contributed by atoms with Gasteiger partial charge >= 0.3 is 0 Å². The molecule has 7 rings (SSSR count). The Morgan fingerprint density at radius 2 is 1.94 bits per heavy atom. The molecule has 6 heteroatoms. The molecule has 35 heavy (non-hydrogen) atoms. The molecule has 2 N–H and O–H groups in total. The summed E-state index contributed by atoms with van der Waals surface area (Å²) in [6, 6.07) is 3.81. The van der Waals surface area contributed by atoms with Crippen LogP contribution in [-0.4, -0.2) is 69.8 Å². The monoisotopic (exact) mass is 480 g/mol. The van der Waals surface area contributed by atoms with Crippen LogP contribution < -0.4 is 4.74 Å². The average Bonchev–Trinajstić information content (AvgIpc) is 3.36. The first-order valence-electron chi connectivity index (χ1n) is 14.2. The lowest BCUT2D eigenvalue weighted by molar-refractivity contribution is -0.200. The summed E-state index contributed by atoms with van der Waals surface area (Å²) < 4.78 is 6.64. The standard InChI is InChI=1S/C29H40N2O4/c1-30(24(33)11-8-18-4-2-3-5-18)21-12-13-29(34)23-16-20-9-10-22(32)26-25(20)28(29,27(21)35-26)14-15-31(23)17-19-6-7-19/h9-10,18-19,21,23,27,32,34H,2-8,11-17H2,1H3/t21-,23-,27+,28+,29-/m1/s1. The Labute approximate surface area is 208 Å². The second kappa shape index (κ2) is 7.85. The number of rotatable bonds is 6. The number of piperidine rings is 1. The molecule has 3 saturated carbocycles. The van der Waals surface area contributed by atoms with Gasteiger partial charge in [-0.2, -0.15) is 0 Å². The van der Waals surface area contributed by atoms with E-state index in [-0.39, 0.29) is 29.8 Å². The molecule has 1 aromatic carbocycles. The summed E-state index contributed by atoms with van der Waals surface area (Å²) in [7, 11) is 1.94. The van der Waals surface area contributed by atoms with E-state index in [0.717, 1.165) is 50.3 Å². The van der Waals surface area contributed by atoms with Gasteiger partial charge in [0.2, 0.25) is 5.91 Å². The van der Waals surface area contributed by atoms with Crippen LogP contribution in [-0.2, 0) is 16.6 Å². The highest BCUT2D eigenvalue weighted by molar-refractivity contribution is 5.76. The number of hydrogen-bond acceptors (Lipinski definition) is 5. The zero-order valence-corrected chi connectivity index (χ0v) is 21.0. The molecule has 0 radical (unpaired) electrons. The Kier molecular flexibility index (Phi) is 5.03. The van der Waals surface area contributed by atoms with Gasteiger partial charge in [-0.25, -0.2) is 0 Å². The van der Waals surface area contributed by atoms with E-state index in [1.165, 1.54) is 44.1 Å². The number of benzene rings is 1. The molecule has 6 aliphatic rings. The van der Waals surface area contributed by atoms with E-state index in [1.54, 1.807) is 6.07 Å². The van der Waals surface area contributed by atoms with Gasteiger partial charge in [-0.3, -0.25) is 9.69 Å². The van der Waals surface area contributed by atoms with Crippen molar-refractivity contribution in [3.8, 4) is 11.5 Å². The lowest BCUT2D eigenvalue weighted by Crippen LogP contribution is -2.78. The normalized spacial score (nSPS) is 37.7. The smallest absolute Gasteiger partial charge is 0.222 e. The summed E-state index contributed by atoms with van der Waals surface area (Å²) in [6.07, 6.45) is 12.1. The third-order valence-electron chi connectivity index (χ3n) is 10.9. The van der Waals surface area contributed by atoms with Crippen molar-refractivity contribution >= 4 is 5.91 Å². The van der Waals surface area contributed by atoms with E-state index in [9.17, 15) is 15.0 Å². The molecule has 1 aromatic rings. The fourth-order valence-electron chi connectivity index (χ4n) is 8.84. The molecular formula is C29H40N2O4. The van der Waals surface area contributed by atoms with E-state index < -0.39 is 11.0 Å². The van der Waals surface area contributed by atoms with Gasteiger partial charge in [0.1, 0.15) is 6.10 Å². The van der Waals surface area contributed by atoms with Gasteiger partial charge in [0.25, 0.3) is 0 Å². The van der Waals surface area contributed by atoms with Crippen LogP contribution in [0.1, 0.15) is 81.8 Å². The van der Waals surface area contributed by atoms with Gasteiger partial charge in [-0.15, -0.1) is 0 Å². The van der Waals surface area contributed by atoms with E-state index in [0.29, 0.717) is 24.5 Å². The summed E-state index contributed by atoms with van der Waals surface area (Å²) in [4.78, 5) is 17.9. The van der Waals surface area contributed by atoms with Crippen LogP contribution in [0.15, 0.2) is 12.1 Å². The predicted molar refractivity (Wildman–Crippen MR) is 133 cm³/mol. The number of ether oxygens (including phenoxy) is 1. The number of likely N-dealkylation sites (N-methyl/N-ethyl adjacent to an activating group) is 1. The van der Waals surface area contributed by atoms with Crippen LogP contribution in [0.5, 0.6) is 11.5 Å². The van der Waals surface area contributed by atoms with Crippen molar-refractivity contribution in [2.24, 2.45) is 11.8 Å². The van der Waals surface area contributed by atoms with Crippen LogP contribution in [0.2, 0.25) is 0 Å². The van der Waals surface area contributed by atoms with Crippen molar-refractivity contribution in [1.29, 1.82) is 0 Å². The fourth-order valence-corrected chi connectivity index (χ4v) is 8.84. The first-order chi connectivity index (χ1) is 16.9. The first kappa shape index (κ1) is 22.4. The number of phenolic OH excluding ortho intramolecular Hbond substituents is 1. The van der Waals surface area contributed by atoms with Crippen LogP contribution >= 0.6 is 0 Å². The van der Waals surface area contributed by atoms with Crippen LogP contribution in [0.3, 0.4) is 0 Å². The SMILES string of the molecule is CN(C(=O)CCC1CCCC1)[C@@H]1CC[C@@]2(O)[C@H]3Cc4ccc(O)c5c4[C@@]2(CCN3CC2CC2)[C@H]1O5. The number of aliphatic hydroxyl groups is 1. The molecule has 5 atom stereocenters. The van der Waals surface area contributed by atoms with E-state index in [2.05, 4.69) is 11.0 Å². The van der Waals surface area contributed by atoms with Crippen LogP contribution in [0, 0.1) is 11.8 Å². The molecule has 6 nitrogen and oxygen atoms in total. The maximum atomic E-state index is 13.4. The first-order valence-corrected chi connectivity index (χ1v) is 14.2. The van der Waals surface area contributed by atoms with Crippen LogP contribution in [0.4, 0.5) is 0 Å². The minimum atomic E-state index is -0.888. The van der Waals surface area contributed by atoms with Gasteiger partial charge in [-0.05, 0) is 75.0 Å². The van der Waals surface area contributed by atoms with Gasteiger partial charge < -0.3 is 19.8 Å². The molecule has 2 bridgehead atoms. The number of carbonyl (C=O) groups is 1. The van der Waals surface area contributed by atoms with Gasteiger partial charge in [0.05, 0.1) is 17.1 Å². The Morgan fingerprint density at radius 3 is 2.71 bits per heavy atom. The maximum Gasteiger partial charge on any atom is 0.222 e. The molecule has 2 heterocycles. The molecule has 0 unspecified atom stereocenters. The molecule has 1 amide bonds. The maximum absolute atomic E-state index is 13.4. The quantitative estimate of drug-likeness (QED) is 0.649. The fraction of sp³-hybridized carbons (Fsp3) is 0.759. The van der Waals surface area contributed by atoms with Crippen molar-refractivity contribution in [2.45, 2.75) is 106 Å². The average molecular weight is 481 g/mol. The van der Waals surface area contributed by atoms with E-state index >= 15 is 0 Å². The minimum Gasteiger partial charge on any atom is -0.504 e. The number of amides is 1. The third kappa shape index (κ3) is 3.11. The third-order valence-corrected chi connectivity index (χ3v) is 10.9. The van der Waals surface area contributed by atoms with Crippen LogP contribution in [0.25, 0.3) is 0 Å². The van der Waals surface area contributed by atoms with Crippen molar-refractivity contribution in [1.82, 2.24) is 9.80 Å². The number of hydrogen-bond donors (Lipinski definition) is 2. The van der Waals surface area contributed by atoms with Crippen molar-refractivity contribution in [2.75, 3.05) is 20.1 Å². The molecular weight excluding hydrogens is 440 g/mol.